The van der Waals surface area contributed by atoms with Crippen LogP contribution in [0, 0.1) is 17.3 Å². The first-order chi connectivity index (χ1) is 8.26. The summed E-state index contributed by atoms with van der Waals surface area (Å²) in [4.78, 5) is 14.1. The third-order valence-corrected chi connectivity index (χ3v) is 3.83. The molecule has 5 heteroatoms. The van der Waals surface area contributed by atoms with E-state index in [2.05, 4.69) is 24.1 Å². The Kier molecular flexibility index (Phi) is 5.50. The van der Waals surface area contributed by atoms with E-state index in [1.165, 1.54) is 0 Å². The van der Waals surface area contributed by atoms with Crippen molar-refractivity contribution in [3.05, 3.63) is 10.6 Å². The summed E-state index contributed by atoms with van der Waals surface area (Å²) in [5.41, 5.74) is -0.0410. The molecule has 2 atom stereocenters. The molecule has 104 valence electrons. The Morgan fingerprint density at radius 2 is 2.00 bits per heavy atom. The molecular formula is C13H22Cl2N2O. The highest BCUT2D eigenvalue weighted by molar-refractivity contribution is 6.55. The van der Waals surface area contributed by atoms with Crippen LogP contribution < -0.4 is 5.32 Å². The van der Waals surface area contributed by atoms with Crippen LogP contribution in [0.25, 0.3) is 0 Å². The molecule has 1 saturated carbocycles. The number of halogens is 2. The minimum Gasteiger partial charge on any atom is -0.356 e. The van der Waals surface area contributed by atoms with E-state index in [9.17, 15) is 4.79 Å². The van der Waals surface area contributed by atoms with Gasteiger partial charge in [0.1, 0.15) is 4.49 Å². The lowest BCUT2D eigenvalue weighted by atomic mass is 10.1. The fourth-order valence-electron chi connectivity index (χ4n) is 2.34. The molecule has 18 heavy (non-hydrogen) atoms. The molecule has 0 heterocycles. The van der Waals surface area contributed by atoms with E-state index in [0.717, 1.165) is 13.0 Å². The number of rotatable bonds is 6. The number of hydrogen-bond acceptors (Lipinski definition) is 2. The Hall–Kier alpha value is -0.250. The van der Waals surface area contributed by atoms with Crippen LogP contribution in [-0.4, -0.2) is 38.0 Å². The maximum Gasteiger partial charge on any atom is 0.224 e. The van der Waals surface area contributed by atoms with E-state index < -0.39 is 0 Å². The van der Waals surface area contributed by atoms with Crippen molar-refractivity contribution in [2.45, 2.75) is 20.3 Å². The van der Waals surface area contributed by atoms with Gasteiger partial charge in [0.2, 0.25) is 5.91 Å². The number of allylic oxidation sites excluding steroid dienone is 1. The van der Waals surface area contributed by atoms with Crippen molar-refractivity contribution in [3.8, 4) is 0 Å². The summed E-state index contributed by atoms with van der Waals surface area (Å²) in [6.45, 7) is 5.82. The Morgan fingerprint density at radius 3 is 2.50 bits per heavy atom. The largest absolute Gasteiger partial charge is 0.356 e. The van der Waals surface area contributed by atoms with Gasteiger partial charge in [-0.05, 0) is 44.5 Å². The van der Waals surface area contributed by atoms with Gasteiger partial charge in [0.05, 0.1) is 5.92 Å². The predicted octanol–water partition coefficient (Wildman–Crippen LogP) is 2.65. The molecule has 0 aromatic carbocycles. The smallest absolute Gasteiger partial charge is 0.224 e. The van der Waals surface area contributed by atoms with E-state index in [1.54, 1.807) is 6.08 Å². The molecule has 0 aliphatic heterocycles. The van der Waals surface area contributed by atoms with E-state index in [1.807, 2.05) is 14.1 Å². The topological polar surface area (TPSA) is 32.3 Å². The van der Waals surface area contributed by atoms with Gasteiger partial charge < -0.3 is 10.2 Å². The second-order valence-electron chi connectivity index (χ2n) is 5.73. The third kappa shape index (κ3) is 4.15. The zero-order valence-electron chi connectivity index (χ0n) is 11.5. The van der Waals surface area contributed by atoms with Gasteiger partial charge in [0.25, 0.3) is 0 Å². The van der Waals surface area contributed by atoms with Crippen molar-refractivity contribution >= 4 is 29.1 Å². The maximum absolute atomic E-state index is 12.0. The molecule has 0 saturated heterocycles. The van der Waals surface area contributed by atoms with Crippen LogP contribution in [0.15, 0.2) is 10.6 Å². The minimum atomic E-state index is -0.0410. The SMILES string of the molecule is CN(C)CCCNC(=O)[C@H]1[C@H](C=C(Cl)Cl)C1(C)C. The third-order valence-electron chi connectivity index (χ3n) is 3.58. The van der Waals surface area contributed by atoms with Gasteiger partial charge in [-0.25, -0.2) is 0 Å². The average Bonchev–Trinajstić information content (AvgIpc) is 2.74. The molecule has 0 aromatic heterocycles. The fourth-order valence-corrected chi connectivity index (χ4v) is 2.61. The van der Waals surface area contributed by atoms with Crippen LogP contribution in [0.3, 0.4) is 0 Å². The minimum absolute atomic E-state index is 0.00986. The first-order valence-corrected chi connectivity index (χ1v) is 6.97. The molecule has 1 fully saturated rings. The number of nitrogens with zero attached hydrogens (tertiary/aromatic N) is 1. The van der Waals surface area contributed by atoms with Crippen LogP contribution in [-0.2, 0) is 4.79 Å². The fraction of sp³-hybridized carbons (Fsp3) is 0.769. The summed E-state index contributed by atoms with van der Waals surface area (Å²) in [5, 5.41) is 2.98. The molecule has 0 spiro atoms. The number of nitrogens with one attached hydrogen (secondary N) is 1. The molecule has 3 nitrogen and oxygen atoms in total. The normalized spacial score (nSPS) is 24.8. The number of carbonyl (C=O) groups is 1. The van der Waals surface area contributed by atoms with Crippen molar-refractivity contribution < 1.29 is 4.79 Å². The standard InChI is InChI=1S/C13H22Cl2N2O/c1-13(2)9(8-10(14)15)11(13)12(18)16-6-5-7-17(3)4/h8-9,11H,5-7H2,1-4H3,(H,16,18)/t9-,11+/m0/s1. The van der Waals surface area contributed by atoms with Gasteiger partial charge >= 0.3 is 0 Å². The highest BCUT2D eigenvalue weighted by Gasteiger charge is 2.60. The zero-order valence-corrected chi connectivity index (χ0v) is 13.0. The first-order valence-electron chi connectivity index (χ1n) is 6.22. The average molecular weight is 293 g/mol. The summed E-state index contributed by atoms with van der Waals surface area (Å²) in [5.74, 6) is 0.246. The van der Waals surface area contributed by atoms with E-state index in [0.29, 0.717) is 6.54 Å². The van der Waals surface area contributed by atoms with Gasteiger partial charge in [0, 0.05) is 6.54 Å². The summed E-state index contributed by atoms with van der Waals surface area (Å²) in [6, 6.07) is 0. The second kappa shape index (κ2) is 6.27. The van der Waals surface area contributed by atoms with Crippen molar-refractivity contribution in [3.63, 3.8) is 0 Å². The number of carbonyl (C=O) groups excluding carboxylic acids is 1. The monoisotopic (exact) mass is 292 g/mol. The number of amides is 1. The lowest BCUT2D eigenvalue weighted by Crippen LogP contribution is -2.29. The summed E-state index contributed by atoms with van der Waals surface area (Å²) in [6.07, 6.45) is 2.73. The zero-order chi connectivity index (χ0) is 13.9. The molecular weight excluding hydrogens is 271 g/mol. The molecule has 0 bridgehead atoms. The predicted molar refractivity (Wildman–Crippen MR) is 76.7 cm³/mol. The molecule has 1 aliphatic carbocycles. The van der Waals surface area contributed by atoms with Crippen LogP contribution in [0.4, 0.5) is 0 Å². The Labute approximate surface area is 120 Å². The van der Waals surface area contributed by atoms with Crippen molar-refractivity contribution in [1.82, 2.24) is 10.2 Å². The summed E-state index contributed by atoms with van der Waals surface area (Å²) in [7, 11) is 4.05. The first kappa shape index (κ1) is 15.8. The van der Waals surface area contributed by atoms with Crippen molar-refractivity contribution in [2.75, 3.05) is 27.2 Å². The molecule has 0 aromatic rings. The molecule has 1 rings (SSSR count). The van der Waals surface area contributed by atoms with E-state index in [4.69, 9.17) is 23.2 Å². The highest BCUT2D eigenvalue weighted by atomic mass is 35.5. The van der Waals surface area contributed by atoms with Crippen molar-refractivity contribution in [2.24, 2.45) is 17.3 Å². The van der Waals surface area contributed by atoms with Gasteiger partial charge in [-0.1, -0.05) is 37.0 Å². The molecule has 1 aliphatic rings. The Bertz CT molecular complexity index is 336. The Balaban J connectivity index is 2.37. The number of hydrogen-bond donors (Lipinski definition) is 1. The molecule has 1 N–H and O–H groups in total. The van der Waals surface area contributed by atoms with Crippen LogP contribution in [0.5, 0.6) is 0 Å². The van der Waals surface area contributed by atoms with Gasteiger partial charge in [-0.15, -0.1) is 0 Å². The van der Waals surface area contributed by atoms with Crippen LogP contribution >= 0.6 is 23.2 Å². The van der Waals surface area contributed by atoms with Crippen LogP contribution in [0.2, 0.25) is 0 Å². The van der Waals surface area contributed by atoms with Gasteiger partial charge in [-0.3, -0.25) is 4.79 Å². The molecule has 1 amide bonds. The lowest BCUT2D eigenvalue weighted by Gasteiger charge is -2.10. The summed E-state index contributed by atoms with van der Waals surface area (Å²) < 4.78 is 0.246. The van der Waals surface area contributed by atoms with Crippen molar-refractivity contribution in [1.29, 1.82) is 0 Å². The van der Waals surface area contributed by atoms with Crippen LogP contribution in [0.1, 0.15) is 20.3 Å². The second-order valence-corrected chi connectivity index (χ2v) is 6.74. The highest BCUT2D eigenvalue weighted by Crippen LogP contribution is 2.59. The molecule has 0 radical (unpaired) electrons. The summed E-state index contributed by atoms with van der Waals surface area (Å²) >= 11 is 11.3. The van der Waals surface area contributed by atoms with Gasteiger partial charge in [0.15, 0.2) is 0 Å². The Morgan fingerprint density at radius 1 is 1.39 bits per heavy atom. The molecule has 0 unspecified atom stereocenters. The maximum atomic E-state index is 12.0. The van der Waals surface area contributed by atoms with Gasteiger partial charge in [-0.2, -0.15) is 0 Å². The quantitative estimate of drug-likeness (QED) is 0.764. The van der Waals surface area contributed by atoms with E-state index in [-0.39, 0.29) is 27.6 Å². The lowest BCUT2D eigenvalue weighted by molar-refractivity contribution is -0.123. The van der Waals surface area contributed by atoms with E-state index >= 15 is 0 Å².